The highest BCUT2D eigenvalue weighted by Crippen LogP contribution is 2.25. The Bertz CT molecular complexity index is 761. The van der Waals surface area contributed by atoms with Crippen LogP contribution < -0.4 is 10.1 Å². The molecule has 2 aromatic rings. The van der Waals surface area contributed by atoms with Crippen LogP contribution in [0, 0.1) is 10.1 Å². The van der Waals surface area contributed by atoms with Crippen molar-refractivity contribution in [3.05, 3.63) is 34.6 Å². The van der Waals surface area contributed by atoms with Gasteiger partial charge in [0.1, 0.15) is 6.33 Å². The van der Waals surface area contributed by atoms with E-state index in [1.54, 1.807) is 0 Å². The van der Waals surface area contributed by atoms with Crippen molar-refractivity contribution in [3.63, 3.8) is 0 Å². The lowest BCUT2D eigenvalue weighted by Crippen LogP contribution is -2.35. The molecule has 1 atom stereocenters. The van der Waals surface area contributed by atoms with Crippen LogP contribution >= 0.6 is 0 Å². The number of rotatable bonds is 6. The average Bonchev–Trinajstić information content (AvgIpc) is 3.11. The van der Waals surface area contributed by atoms with Crippen LogP contribution in [0.5, 0.6) is 5.88 Å². The van der Waals surface area contributed by atoms with Crippen LogP contribution in [0.25, 0.3) is 10.9 Å². The van der Waals surface area contributed by atoms with Gasteiger partial charge in [-0.3, -0.25) is 14.9 Å². The molecule has 9 heteroatoms. The minimum absolute atomic E-state index is 0.0642. The van der Waals surface area contributed by atoms with Gasteiger partial charge in [0.25, 0.3) is 11.6 Å². The molecule has 0 saturated carbocycles. The summed E-state index contributed by atoms with van der Waals surface area (Å²) in [4.78, 5) is 30.1. The summed E-state index contributed by atoms with van der Waals surface area (Å²) in [6.45, 7) is 0.991. The first kappa shape index (κ1) is 16.1. The van der Waals surface area contributed by atoms with Crippen LogP contribution in [-0.4, -0.2) is 46.7 Å². The maximum absolute atomic E-state index is 11.8. The minimum Gasteiger partial charge on any atom is -0.467 e. The van der Waals surface area contributed by atoms with Gasteiger partial charge in [-0.05, 0) is 18.9 Å². The predicted octanol–water partition coefficient (Wildman–Crippen LogP) is 1.21. The van der Waals surface area contributed by atoms with E-state index in [0.29, 0.717) is 17.4 Å². The van der Waals surface area contributed by atoms with Gasteiger partial charge >= 0.3 is 0 Å². The lowest BCUT2D eigenvalue weighted by molar-refractivity contribution is -0.384. The number of benzene rings is 1. The molecule has 24 heavy (non-hydrogen) atoms. The molecule has 1 aliphatic rings. The van der Waals surface area contributed by atoms with Crippen molar-refractivity contribution in [2.45, 2.75) is 18.9 Å². The van der Waals surface area contributed by atoms with E-state index in [2.05, 4.69) is 15.3 Å². The molecule has 1 N–H and O–H groups in total. The van der Waals surface area contributed by atoms with Crippen molar-refractivity contribution in [2.24, 2.45) is 0 Å². The molecule has 0 bridgehead atoms. The summed E-state index contributed by atoms with van der Waals surface area (Å²) in [7, 11) is 0. The average molecular weight is 332 g/mol. The van der Waals surface area contributed by atoms with E-state index in [9.17, 15) is 14.9 Å². The van der Waals surface area contributed by atoms with Crippen LogP contribution in [0.4, 0.5) is 5.69 Å². The van der Waals surface area contributed by atoms with Gasteiger partial charge in [-0.15, -0.1) is 0 Å². The van der Waals surface area contributed by atoms with Gasteiger partial charge in [0, 0.05) is 25.3 Å². The third-order valence-electron chi connectivity index (χ3n) is 3.69. The van der Waals surface area contributed by atoms with Gasteiger partial charge in [0.2, 0.25) is 5.88 Å². The summed E-state index contributed by atoms with van der Waals surface area (Å²) >= 11 is 0. The Morgan fingerprint density at radius 2 is 2.33 bits per heavy atom. The number of nitro groups is 1. The molecule has 1 aromatic carbocycles. The molecule has 1 aliphatic heterocycles. The fraction of sp³-hybridized carbons (Fsp3) is 0.400. The number of nitrogens with zero attached hydrogens (tertiary/aromatic N) is 3. The second-order valence-electron chi connectivity index (χ2n) is 5.37. The number of aromatic nitrogens is 2. The fourth-order valence-corrected chi connectivity index (χ4v) is 2.47. The third kappa shape index (κ3) is 3.74. The largest absolute Gasteiger partial charge is 0.467 e. The van der Waals surface area contributed by atoms with Crippen LogP contribution in [0.2, 0.25) is 0 Å². The van der Waals surface area contributed by atoms with Gasteiger partial charge < -0.3 is 14.8 Å². The minimum atomic E-state index is -0.499. The summed E-state index contributed by atoms with van der Waals surface area (Å²) in [6.07, 6.45) is 3.26. The number of amides is 1. The highest BCUT2D eigenvalue weighted by atomic mass is 16.6. The molecule has 0 aliphatic carbocycles. The number of carbonyl (C=O) groups is 1. The number of non-ortho nitro benzene ring substituents is 1. The molecule has 9 nitrogen and oxygen atoms in total. The van der Waals surface area contributed by atoms with Crippen molar-refractivity contribution >= 4 is 22.5 Å². The maximum atomic E-state index is 11.8. The zero-order valence-corrected chi connectivity index (χ0v) is 12.8. The summed E-state index contributed by atoms with van der Waals surface area (Å²) in [5.74, 6) is -0.0682. The van der Waals surface area contributed by atoms with E-state index in [1.165, 1.54) is 24.5 Å². The zero-order chi connectivity index (χ0) is 16.9. The number of nitro benzene ring substituents is 1. The standard InChI is InChI=1S/C15H16N4O5/c20-14(16-7-11-2-1-5-23-11)8-24-15-12-4-3-10(19(21)22)6-13(12)17-9-18-15/h3-4,6,9,11H,1-2,5,7-8H2,(H,16,20). The lowest BCUT2D eigenvalue weighted by Gasteiger charge is -2.11. The Balaban J connectivity index is 1.62. The van der Waals surface area contributed by atoms with E-state index < -0.39 is 4.92 Å². The highest BCUT2D eigenvalue weighted by Gasteiger charge is 2.17. The zero-order valence-electron chi connectivity index (χ0n) is 12.8. The molecular formula is C15H16N4O5. The first-order chi connectivity index (χ1) is 11.6. The number of carbonyl (C=O) groups excluding carboxylic acids is 1. The van der Waals surface area contributed by atoms with E-state index in [4.69, 9.17) is 9.47 Å². The smallest absolute Gasteiger partial charge is 0.271 e. The number of nitrogens with one attached hydrogen (secondary N) is 1. The Kier molecular flexibility index (Phi) is 4.80. The first-order valence-electron chi connectivity index (χ1n) is 7.54. The second kappa shape index (κ2) is 7.18. The Morgan fingerprint density at radius 1 is 1.46 bits per heavy atom. The molecule has 3 rings (SSSR count). The SMILES string of the molecule is O=C(COc1ncnc2cc([N+](=O)[O-])ccc12)NCC1CCCO1. The van der Waals surface area contributed by atoms with Crippen LogP contribution in [-0.2, 0) is 9.53 Å². The molecule has 0 radical (unpaired) electrons. The van der Waals surface area contributed by atoms with E-state index in [-0.39, 0.29) is 30.2 Å². The number of fused-ring (bicyclic) bond motifs is 1. The molecule has 1 unspecified atom stereocenters. The molecule has 2 heterocycles. The van der Waals surface area contributed by atoms with Crippen molar-refractivity contribution in [3.8, 4) is 5.88 Å². The lowest BCUT2D eigenvalue weighted by atomic mass is 10.2. The van der Waals surface area contributed by atoms with E-state index in [0.717, 1.165) is 19.4 Å². The summed E-state index contributed by atoms with van der Waals surface area (Å²) in [5.41, 5.74) is 0.315. The first-order valence-corrected chi connectivity index (χ1v) is 7.54. The van der Waals surface area contributed by atoms with E-state index >= 15 is 0 Å². The highest BCUT2D eigenvalue weighted by molar-refractivity contribution is 5.85. The Labute approximate surface area is 137 Å². The van der Waals surface area contributed by atoms with Gasteiger partial charge in [0.05, 0.1) is 21.9 Å². The van der Waals surface area contributed by atoms with Gasteiger partial charge in [0.15, 0.2) is 6.61 Å². The van der Waals surface area contributed by atoms with Crippen molar-refractivity contribution in [1.82, 2.24) is 15.3 Å². The number of hydrogen-bond donors (Lipinski definition) is 1. The number of hydrogen-bond acceptors (Lipinski definition) is 7. The maximum Gasteiger partial charge on any atom is 0.271 e. The second-order valence-corrected chi connectivity index (χ2v) is 5.37. The van der Waals surface area contributed by atoms with Crippen molar-refractivity contribution < 1.29 is 19.2 Å². The Morgan fingerprint density at radius 3 is 3.08 bits per heavy atom. The molecule has 126 valence electrons. The molecule has 1 aromatic heterocycles. The molecule has 1 fully saturated rings. The molecule has 1 amide bonds. The summed E-state index contributed by atoms with van der Waals surface area (Å²) in [5, 5.41) is 14.0. The predicted molar refractivity (Wildman–Crippen MR) is 83.7 cm³/mol. The van der Waals surface area contributed by atoms with Crippen LogP contribution in [0.1, 0.15) is 12.8 Å². The fourth-order valence-electron chi connectivity index (χ4n) is 2.47. The third-order valence-corrected chi connectivity index (χ3v) is 3.69. The van der Waals surface area contributed by atoms with Gasteiger partial charge in [-0.25, -0.2) is 9.97 Å². The quantitative estimate of drug-likeness (QED) is 0.624. The van der Waals surface area contributed by atoms with Crippen molar-refractivity contribution in [2.75, 3.05) is 19.8 Å². The summed E-state index contributed by atoms with van der Waals surface area (Å²) < 4.78 is 10.8. The Hall–Kier alpha value is -2.81. The molecule has 0 spiro atoms. The van der Waals surface area contributed by atoms with Crippen molar-refractivity contribution in [1.29, 1.82) is 0 Å². The number of ether oxygens (including phenoxy) is 2. The van der Waals surface area contributed by atoms with E-state index in [1.807, 2.05) is 0 Å². The van der Waals surface area contributed by atoms with Crippen LogP contribution in [0.15, 0.2) is 24.5 Å². The van der Waals surface area contributed by atoms with Crippen LogP contribution in [0.3, 0.4) is 0 Å². The molecule has 1 saturated heterocycles. The monoisotopic (exact) mass is 332 g/mol. The van der Waals surface area contributed by atoms with Gasteiger partial charge in [-0.1, -0.05) is 0 Å². The molecular weight excluding hydrogens is 316 g/mol. The van der Waals surface area contributed by atoms with Gasteiger partial charge in [-0.2, -0.15) is 0 Å². The summed E-state index contributed by atoms with van der Waals surface area (Å²) in [6, 6.07) is 4.19. The topological polar surface area (TPSA) is 116 Å². The normalized spacial score (nSPS) is 16.9.